The molecule has 0 fully saturated rings. The van der Waals surface area contributed by atoms with Crippen LogP contribution in [-0.4, -0.2) is 17.2 Å². The van der Waals surface area contributed by atoms with Crippen molar-refractivity contribution < 1.29 is 14.6 Å². The van der Waals surface area contributed by atoms with Crippen LogP contribution < -0.4 is 4.74 Å². The van der Waals surface area contributed by atoms with Crippen LogP contribution in [0.4, 0.5) is 0 Å². The van der Waals surface area contributed by atoms with E-state index in [-0.39, 0.29) is 6.10 Å². The molecule has 1 aromatic carbocycles. The molecule has 0 heterocycles. The average Bonchev–Trinajstić information content (AvgIpc) is 2.21. The van der Waals surface area contributed by atoms with Gasteiger partial charge in [0.25, 0.3) is 0 Å². The van der Waals surface area contributed by atoms with Crippen molar-refractivity contribution in [3.05, 3.63) is 29.3 Å². The molecule has 3 nitrogen and oxygen atoms in total. The quantitative estimate of drug-likeness (QED) is 0.831. The van der Waals surface area contributed by atoms with Crippen LogP contribution in [0, 0.1) is 6.92 Å². The van der Waals surface area contributed by atoms with E-state index >= 15 is 0 Å². The van der Waals surface area contributed by atoms with E-state index in [1.807, 2.05) is 13.8 Å². The third kappa shape index (κ3) is 3.26. The van der Waals surface area contributed by atoms with Crippen molar-refractivity contribution >= 4 is 5.97 Å². The molecule has 1 N–H and O–H groups in total. The molecule has 0 saturated carbocycles. The maximum atomic E-state index is 10.7. The van der Waals surface area contributed by atoms with Gasteiger partial charge in [0.15, 0.2) is 0 Å². The van der Waals surface area contributed by atoms with E-state index in [2.05, 4.69) is 6.92 Å². The van der Waals surface area contributed by atoms with Gasteiger partial charge in [-0.25, -0.2) is 4.79 Å². The highest BCUT2D eigenvalue weighted by Gasteiger charge is 2.08. The third-order valence-electron chi connectivity index (χ3n) is 2.45. The van der Waals surface area contributed by atoms with Gasteiger partial charge in [-0.3, -0.25) is 0 Å². The lowest BCUT2D eigenvalue weighted by atomic mass is 10.1. The van der Waals surface area contributed by atoms with E-state index < -0.39 is 5.97 Å². The first-order valence-corrected chi connectivity index (χ1v) is 5.55. The van der Waals surface area contributed by atoms with Crippen LogP contribution in [0.5, 0.6) is 5.75 Å². The summed E-state index contributed by atoms with van der Waals surface area (Å²) in [6.45, 7) is 5.99. The van der Waals surface area contributed by atoms with E-state index in [0.29, 0.717) is 5.56 Å². The molecule has 0 aliphatic rings. The number of aryl methyl sites for hydroxylation is 1. The summed E-state index contributed by atoms with van der Waals surface area (Å²) in [6, 6.07) is 4.94. The Hall–Kier alpha value is -1.51. The zero-order valence-corrected chi connectivity index (χ0v) is 9.99. The molecule has 0 radical (unpaired) electrons. The van der Waals surface area contributed by atoms with Crippen LogP contribution in [0.25, 0.3) is 0 Å². The van der Waals surface area contributed by atoms with Crippen LogP contribution in [0.1, 0.15) is 42.6 Å². The molecule has 1 unspecified atom stereocenters. The summed E-state index contributed by atoms with van der Waals surface area (Å²) >= 11 is 0. The summed E-state index contributed by atoms with van der Waals surface area (Å²) in [7, 11) is 0. The third-order valence-corrected chi connectivity index (χ3v) is 2.45. The Morgan fingerprint density at radius 3 is 2.69 bits per heavy atom. The Kier molecular flexibility index (Phi) is 4.35. The topological polar surface area (TPSA) is 46.5 Å². The van der Waals surface area contributed by atoms with Gasteiger partial charge < -0.3 is 9.84 Å². The summed E-state index contributed by atoms with van der Waals surface area (Å²) in [4.78, 5) is 10.7. The van der Waals surface area contributed by atoms with Crippen LogP contribution in [0.3, 0.4) is 0 Å². The van der Waals surface area contributed by atoms with Gasteiger partial charge >= 0.3 is 5.97 Å². The first-order valence-electron chi connectivity index (χ1n) is 5.55. The molecule has 1 rings (SSSR count). The number of benzene rings is 1. The zero-order chi connectivity index (χ0) is 12.1. The number of hydrogen-bond acceptors (Lipinski definition) is 2. The van der Waals surface area contributed by atoms with E-state index in [9.17, 15) is 4.79 Å². The van der Waals surface area contributed by atoms with Gasteiger partial charge in [0, 0.05) is 0 Å². The number of carbonyl (C=O) groups is 1. The molecule has 0 spiro atoms. The number of aromatic carboxylic acids is 1. The van der Waals surface area contributed by atoms with E-state index in [4.69, 9.17) is 9.84 Å². The van der Waals surface area contributed by atoms with Crippen molar-refractivity contribution in [2.75, 3.05) is 0 Å². The molecule has 1 aromatic rings. The summed E-state index contributed by atoms with van der Waals surface area (Å²) in [6.07, 6.45) is 2.24. The number of hydrogen-bond donors (Lipinski definition) is 1. The second-order valence-corrected chi connectivity index (χ2v) is 4.00. The van der Waals surface area contributed by atoms with Gasteiger partial charge in [0.05, 0.1) is 11.7 Å². The average molecular weight is 222 g/mol. The number of carboxylic acids is 1. The predicted octanol–water partition coefficient (Wildman–Crippen LogP) is 3.26. The molecule has 3 heteroatoms. The minimum Gasteiger partial charge on any atom is -0.490 e. The molecule has 0 amide bonds. The largest absolute Gasteiger partial charge is 0.490 e. The zero-order valence-electron chi connectivity index (χ0n) is 9.99. The molecule has 0 saturated heterocycles. The summed E-state index contributed by atoms with van der Waals surface area (Å²) in [5, 5.41) is 8.83. The van der Waals surface area contributed by atoms with Crippen molar-refractivity contribution in [2.45, 2.75) is 39.7 Å². The summed E-state index contributed by atoms with van der Waals surface area (Å²) in [5.74, 6) is -0.137. The standard InChI is InChI=1S/C13H18O3/c1-4-5-10(3)16-12-7-6-11(13(14)15)8-9(12)2/h6-8,10H,4-5H2,1-3H3,(H,14,15). The highest BCUT2D eigenvalue weighted by atomic mass is 16.5. The molecule has 88 valence electrons. The first kappa shape index (κ1) is 12.6. The van der Waals surface area contributed by atoms with Crippen LogP contribution in [-0.2, 0) is 0 Å². The van der Waals surface area contributed by atoms with Gasteiger partial charge in [0.2, 0.25) is 0 Å². The Labute approximate surface area is 96.1 Å². The minimum absolute atomic E-state index is 0.166. The van der Waals surface area contributed by atoms with E-state index in [0.717, 1.165) is 24.2 Å². The second kappa shape index (κ2) is 5.54. The van der Waals surface area contributed by atoms with Crippen molar-refractivity contribution in [2.24, 2.45) is 0 Å². The molecule has 0 aliphatic carbocycles. The molecular formula is C13H18O3. The maximum absolute atomic E-state index is 10.7. The number of rotatable bonds is 5. The highest BCUT2D eigenvalue weighted by Crippen LogP contribution is 2.21. The Morgan fingerprint density at radius 2 is 2.19 bits per heavy atom. The SMILES string of the molecule is CCCC(C)Oc1ccc(C(=O)O)cc1C. The Morgan fingerprint density at radius 1 is 1.50 bits per heavy atom. The van der Waals surface area contributed by atoms with Crippen molar-refractivity contribution in [3.63, 3.8) is 0 Å². The molecule has 0 aromatic heterocycles. The van der Waals surface area contributed by atoms with Crippen molar-refractivity contribution in [3.8, 4) is 5.75 Å². The highest BCUT2D eigenvalue weighted by molar-refractivity contribution is 5.88. The predicted molar refractivity (Wildman–Crippen MR) is 63.1 cm³/mol. The van der Waals surface area contributed by atoms with Crippen molar-refractivity contribution in [1.82, 2.24) is 0 Å². The summed E-state index contributed by atoms with van der Waals surface area (Å²) in [5.41, 5.74) is 1.16. The molecule has 0 aliphatic heterocycles. The fourth-order valence-corrected chi connectivity index (χ4v) is 1.60. The monoisotopic (exact) mass is 222 g/mol. The van der Waals surface area contributed by atoms with Gasteiger partial charge in [0.1, 0.15) is 5.75 Å². The van der Waals surface area contributed by atoms with Gasteiger partial charge in [-0.2, -0.15) is 0 Å². The molecular weight excluding hydrogens is 204 g/mol. The van der Waals surface area contributed by atoms with Crippen LogP contribution in [0.15, 0.2) is 18.2 Å². The van der Waals surface area contributed by atoms with Crippen molar-refractivity contribution in [1.29, 1.82) is 0 Å². The minimum atomic E-state index is -0.906. The Bertz CT molecular complexity index is 371. The second-order valence-electron chi connectivity index (χ2n) is 4.00. The lowest BCUT2D eigenvalue weighted by molar-refractivity contribution is 0.0696. The van der Waals surface area contributed by atoms with Gasteiger partial charge in [-0.1, -0.05) is 13.3 Å². The lowest BCUT2D eigenvalue weighted by Crippen LogP contribution is -2.12. The lowest BCUT2D eigenvalue weighted by Gasteiger charge is -2.15. The fourth-order valence-electron chi connectivity index (χ4n) is 1.60. The number of carboxylic acid groups (broad SMARTS) is 1. The smallest absolute Gasteiger partial charge is 0.335 e. The van der Waals surface area contributed by atoms with Crippen LogP contribution in [0.2, 0.25) is 0 Å². The summed E-state index contributed by atoms with van der Waals surface area (Å²) < 4.78 is 5.73. The first-order chi connectivity index (χ1) is 7.54. The Balaban J connectivity index is 2.79. The fraction of sp³-hybridized carbons (Fsp3) is 0.462. The normalized spacial score (nSPS) is 12.2. The molecule has 16 heavy (non-hydrogen) atoms. The van der Waals surface area contributed by atoms with Gasteiger partial charge in [-0.05, 0) is 44.0 Å². The van der Waals surface area contributed by atoms with Gasteiger partial charge in [-0.15, -0.1) is 0 Å². The van der Waals surface area contributed by atoms with E-state index in [1.165, 1.54) is 0 Å². The number of ether oxygens (including phenoxy) is 1. The van der Waals surface area contributed by atoms with E-state index in [1.54, 1.807) is 18.2 Å². The molecule has 0 bridgehead atoms. The van der Waals surface area contributed by atoms with Crippen LogP contribution >= 0.6 is 0 Å². The molecule has 1 atom stereocenters. The maximum Gasteiger partial charge on any atom is 0.335 e.